The van der Waals surface area contributed by atoms with Crippen molar-refractivity contribution in [1.29, 1.82) is 0 Å². The van der Waals surface area contributed by atoms with Gasteiger partial charge in [-0.05, 0) is 41.6 Å². The van der Waals surface area contributed by atoms with Gasteiger partial charge in [0.05, 0.1) is 11.4 Å². The van der Waals surface area contributed by atoms with Crippen molar-refractivity contribution >= 4 is 16.9 Å². The van der Waals surface area contributed by atoms with Crippen LogP contribution in [0.25, 0.3) is 0 Å². The highest BCUT2D eigenvalue weighted by molar-refractivity contribution is 8.14. The van der Waals surface area contributed by atoms with Crippen molar-refractivity contribution in [2.45, 2.75) is 11.4 Å². The summed E-state index contributed by atoms with van der Waals surface area (Å²) in [6.45, 7) is 0.253. The first-order chi connectivity index (χ1) is 14.6. The average molecular weight is 417 g/mol. The topological polar surface area (TPSA) is 71.7 Å². The van der Waals surface area contributed by atoms with Crippen LogP contribution in [0.2, 0.25) is 0 Å². The lowest BCUT2D eigenvalue weighted by Crippen LogP contribution is -1.99. The fourth-order valence-corrected chi connectivity index (χ4v) is 3.75. The van der Waals surface area contributed by atoms with E-state index in [-0.39, 0.29) is 23.4 Å². The van der Waals surface area contributed by atoms with Gasteiger partial charge in [0.25, 0.3) is 0 Å². The molecule has 4 aromatic rings. The zero-order valence-corrected chi connectivity index (χ0v) is 16.8. The summed E-state index contributed by atoms with van der Waals surface area (Å²) < 4.78 is 7.13. The number of hydrogen-bond donors (Lipinski definition) is 2. The van der Waals surface area contributed by atoms with E-state index in [0.29, 0.717) is 16.2 Å². The summed E-state index contributed by atoms with van der Waals surface area (Å²) in [5.41, 5.74) is 1.39. The van der Waals surface area contributed by atoms with Gasteiger partial charge in [-0.25, -0.2) is 0 Å². The monoisotopic (exact) mass is 417 g/mol. The second-order valence-electron chi connectivity index (χ2n) is 6.59. The Labute approximate surface area is 178 Å². The van der Waals surface area contributed by atoms with E-state index in [4.69, 9.17) is 4.74 Å². The Morgan fingerprint density at radius 2 is 1.43 bits per heavy atom. The number of ether oxygens (including phenoxy) is 1. The minimum atomic E-state index is -0.203. The van der Waals surface area contributed by atoms with E-state index >= 15 is 0 Å². The number of para-hydroxylation sites is 1. The zero-order valence-electron chi connectivity index (χ0n) is 15.9. The van der Waals surface area contributed by atoms with Gasteiger partial charge in [0.15, 0.2) is 5.88 Å². The lowest BCUT2D eigenvalue weighted by molar-refractivity contribution is 0.108. The highest BCUT2D eigenvalue weighted by atomic mass is 32.2. The first-order valence-corrected chi connectivity index (χ1v) is 10.1. The van der Waals surface area contributed by atoms with Crippen LogP contribution in [-0.4, -0.2) is 19.9 Å². The van der Waals surface area contributed by atoms with Crippen molar-refractivity contribution in [2.24, 2.45) is 0 Å². The first kappa shape index (κ1) is 19.7. The smallest absolute Gasteiger partial charge is 0.224 e. The number of hydrogen-bond acceptors (Lipinski definition) is 5. The Morgan fingerprint density at radius 1 is 0.833 bits per heavy atom. The summed E-state index contributed by atoms with van der Waals surface area (Å²) >= 11 is 0.883. The predicted molar refractivity (Wildman–Crippen MR) is 116 cm³/mol. The van der Waals surface area contributed by atoms with Crippen molar-refractivity contribution in [1.82, 2.24) is 4.57 Å². The summed E-state index contributed by atoms with van der Waals surface area (Å²) in [4.78, 5) is 12.7. The van der Waals surface area contributed by atoms with Gasteiger partial charge in [-0.15, -0.1) is 0 Å². The van der Waals surface area contributed by atoms with Gasteiger partial charge in [-0.3, -0.25) is 9.36 Å². The fraction of sp³-hybridized carbons (Fsp3) is 0.0417. The molecule has 0 aliphatic heterocycles. The van der Waals surface area contributed by atoms with Gasteiger partial charge in [0.2, 0.25) is 11.0 Å². The molecular formula is C24H19NO4S. The summed E-state index contributed by atoms with van der Waals surface area (Å²) in [7, 11) is 0. The third kappa shape index (κ3) is 4.50. The van der Waals surface area contributed by atoms with Crippen molar-refractivity contribution in [3.63, 3.8) is 0 Å². The third-order valence-electron chi connectivity index (χ3n) is 4.47. The van der Waals surface area contributed by atoms with E-state index in [0.717, 1.165) is 23.1 Å². The standard InChI is InChI=1S/C24H19NO4S/c26-22-15-21(30-24(28)18-7-3-1-4-8-18)23(27)25(22)16-17-11-13-20(14-12-17)29-19-9-5-2-6-10-19/h1-15,26-27H,16H2. The Kier molecular flexibility index (Phi) is 5.77. The molecule has 0 saturated heterocycles. The molecule has 4 rings (SSSR count). The molecule has 0 unspecified atom stereocenters. The van der Waals surface area contributed by atoms with Crippen LogP contribution in [0.4, 0.5) is 0 Å². The predicted octanol–water partition coefficient (Wildman–Crippen LogP) is 5.67. The average Bonchev–Trinajstić information content (AvgIpc) is 3.03. The van der Waals surface area contributed by atoms with E-state index in [9.17, 15) is 15.0 Å². The largest absolute Gasteiger partial charge is 0.494 e. The maximum atomic E-state index is 12.4. The molecule has 0 saturated carbocycles. The third-order valence-corrected chi connectivity index (χ3v) is 5.41. The lowest BCUT2D eigenvalue weighted by Gasteiger charge is -2.09. The van der Waals surface area contributed by atoms with Crippen LogP contribution >= 0.6 is 11.8 Å². The number of thioether (sulfide) groups is 1. The SMILES string of the molecule is O=C(Sc1cc(O)n(Cc2ccc(Oc3ccccc3)cc2)c1O)c1ccccc1. The minimum Gasteiger partial charge on any atom is -0.494 e. The molecule has 0 radical (unpaired) electrons. The Balaban J connectivity index is 1.46. The van der Waals surface area contributed by atoms with Crippen LogP contribution in [-0.2, 0) is 6.54 Å². The summed E-state index contributed by atoms with van der Waals surface area (Å²) in [6, 6.07) is 27.1. The molecular weight excluding hydrogens is 398 g/mol. The number of carbonyl (C=O) groups is 1. The van der Waals surface area contributed by atoms with Crippen LogP contribution in [0.5, 0.6) is 23.3 Å². The molecule has 150 valence electrons. The second-order valence-corrected chi connectivity index (χ2v) is 7.61. The van der Waals surface area contributed by atoms with Crippen LogP contribution < -0.4 is 4.74 Å². The summed E-state index contributed by atoms with van der Waals surface area (Å²) in [6.07, 6.45) is 0. The van der Waals surface area contributed by atoms with Crippen LogP contribution in [0.1, 0.15) is 15.9 Å². The van der Waals surface area contributed by atoms with Gasteiger partial charge >= 0.3 is 0 Å². The molecule has 30 heavy (non-hydrogen) atoms. The molecule has 0 spiro atoms. The van der Waals surface area contributed by atoms with Crippen LogP contribution in [0, 0.1) is 0 Å². The van der Waals surface area contributed by atoms with Gasteiger partial charge in [0, 0.05) is 11.6 Å². The number of carbonyl (C=O) groups excluding carboxylic acids is 1. The Hall–Kier alpha value is -3.64. The molecule has 5 nitrogen and oxygen atoms in total. The van der Waals surface area contributed by atoms with Crippen molar-refractivity contribution < 1.29 is 19.7 Å². The van der Waals surface area contributed by atoms with E-state index in [1.807, 2.05) is 60.7 Å². The van der Waals surface area contributed by atoms with Gasteiger partial charge < -0.3 is 14.9 Å². The highest BCUT2D eigenvalue weighted by Gasteiger charge is 2.18. The molecule has 0 bridgehead atoms. The normalized spacial score (nSPS) is 10.7. The van der Waals surface area contributed by atoms with E-state index in [2.05, 4.69) is 0 Å². The van der Waals surface area contributed by atoms with E-state index in [1.54, 1.807) is 24.3 Å². The first-order valence-electron chi connectivity index (χ1n) is 9.30. The van der Waals surface area contributed by atoms with Crippen LogP contribution in [0.3, 0.4) is 0 Å². The minimum absolute atomic E-state index is 0.111. The molecule has 6 heteroatoms. The maximum Gasteiger partial charge on any atom is 0.224 e. The van der Waals surface area contributed by atoms with Gasteiger partial charge in [-0.2, -0.15) is 0 Å². The van der Waals surface area contributed by atoms with Crippen molar-refractivity contribution in [2.75, 3.05) is 0 Å². The molecule has 3 aromatic carbocycles. The molecule has 2 N–H and O–H groups in total. The Morgan fingerprint density at radius 3 is 2.10 bits per heavy atom. The van der Waals surface area contributed by atoms with Crippen molar-refractivity contribution in [3.05, 3.63) is 102 Å². The molecule has 0 aliphatic rings. The molecule has 0 amide bonds. The van der Waals surface area contributed by atoms with Gasteiger partial charge in [-0.1, -0.05) is 60.7 Å². The zero-order chi connectivity index (χ0) is 20.9. The number of aromatic nitrogens is 1. The number of benzene rings is 3. The second kappa shape index (κ2) is 8.80. The van der Waals surface area contributed by atoms with Crippen LogP contribution in [0.15, 0.2) is 95.9 Å². The quantitative estimate of drug-likeness (QED) is 0.395. The molecule has 0 fully saturated rings. The van der Waals surface area contributed by atoms with Gasteiger partial charge in [0.1, 0.15) is 11.5 Å². The summed E-state index contributed by atoms with van der Waals surface area (Å²) in [5, 5.41) is 20.6. The molecule has 0 aliphatic carbocycles. The maximum absolute atomic E-state index is 12.4. The highest BCUT2D eigenvalue weighted by Crippen LogP contribution is 2.37. The molecule has 0 atom stereocenters. The molecule has 1 heterocycles. The number of nitrogens with zero attached hydrogens (tertiary/aromatic N) is 1. The number of rotatable bonds is 6. The lowest BCUT2D eigenvalue weighted by atomic mass is 10.2. The molecule has 1 aromatic heterocycles. The Bertz CT molecular complexity index is 1140. The van der Waals surface area contributed by atoms with E-state index in [1.165, 1.54) is 10.6 Å². The van der Waals surface area contributed by atoms with Crippen molar-refractivity contribution in [3.8, 4) is 23.3 Å². The summed E-state index contributed by atoms with van der Waals surface area (Å²) in [5.74, 6) is 1.18. The fourth-order valence-electron chi connectivity index (χ4n) is 2.94. The number of aromatic hydroxyl groups is 2. The van der Waals surface area contributed by atoms with E-state index < -0.39 is 0 Å².